The molecule has 0 aromatic rings. The number of rotatable bonds is 1. The lowest BCUT2D eigenvalue weighted by molar-refractivity contribution is 0.263. The van der Waals surface area contributed by atoms with Crippen molar-refractivity contribution in [2.24, 2.45) is 5.41 Å². The summed E-state index contributed by atoms with van der Waals surface area (Å²) in [6, 6.07) is 0. The highest BCUT2D eigenvalue weighted by Gasteiger charge is 2.09. The lowest BCUT2D eigenvalue weighted by Gasteiger charge is -2.22. The maximum absolute atomic E-state index is 7.62. The highest BCUT2D eigenvalue weighted by Crippen LogP contribution is 2.12. The molecule has 1 heteroatoms. The van der Waals surface area contributed by atoms with Crippen molar-refractivity contribution < 1.29 is 2.74 Å². The van der Waals surface area contributed by atoms with Crippen LogP contribution in [0.5, 0.6) is 0 Å². The molecular formula is C7H17N. The summed E-state index contributed by atoms with van der Waals surface area (Å²) in [5, 5.41) is 0. The van der Waals surface area contributed by atoms with E-state index in [-0.39, 0.29) is 5.41 Å². The molecule has 0 fully saturated rings. The van der Waals surface area contributed by atoms with Crippen molar-refractivity contribution >= 4 is 0 Å². The van der Waals surface area contributed by atoms with Gasteiger partial charge in [-0.15, -0.1) is 0 Å². The van der Waals surface area contributed by atoms with Crippen molar-refractivity contribution in [2.75, 3.05) is 20.6 Å². The second kappa shape index (κ2) is 2.49. The molecule has 0 aliphatic heterocycles. The minimum Gasteiger partial charge on any atom is -0.309 e. The van der Waals surface area contributed by atoms with Crippen LogP contribution in [0.25, 0.3) is 0 Å². The van der Waals surface area contributed by atoms with Crippen LogP contribution >= 0.6 is 0 Å². The first-order valence-corrected chi connectivity index (χ1v) is 2.87. The zero-order valence-electron chi connectivity index (χ0n) is 8.45. The highest BCUT2D eigenvalue weighted by atomic mass is 15.1. The van der Waals surface area contributed by atoms with Crippen molar-refractivity contribution in [3.05, 3.63) is 0 Å². The summed E-state index contributed by atoms with van der Waals surface area (Å²) in [5.74, 6) is 0. The molecule has 0 aromatic heterocycles. The van der Waals surface area contributed by atoms with Gasteiger partial charge in [-0.1, -0.05) is 20.8 Å². The molecule has 0 aliphatic rings. The van der Waals surface area contributed by atoms with Gasteiger partial charge in [0, 0.05) is 9.24 Å². The quantitative estimate of drug-likeness (QED) is 0.504. The van der Waals surface area contributed by atoms with Crippen LogP contribution in [0.2, 0.25) is 0 Å². The predicted molar refractivity (Wildman–Crippen MR) is 38.0 cm³/mol. The van der Waals surface area contributed by atoms with Gasteiger partial charge in [-0.25, -0.2) is 0 Å². The number of hydrogen-bond donors (Lipinski definition) is 0. The zero-order chi connectivity index (χ0) is 8.58. The van der Waals surface area contributed by atoms with Gasteiger partial charge in [0.25, 0.3) is 0 Å². The topological polar surface area (TPSA) is 3.24 Å². The normalized spacial score (nSPS) is 18.2. The molecule has 0 unspecified atom stereocenters. The van der Waals surface area contributed by atoms with Gasteiger partial charge < -0.3 is 4.90 Å². The Kier molecular flexibility index (Phi) is 1.50. The van der Waals surface area contributed by atoms with Gasteiger partial charge in [0.05, 0.1) is 0 Å². The van der Waals surface area contributed by atoms with Gasteiger partial charge in [-0.05, 0) is 19.5 Å². The third-order valence-electron chi connectivity index (χ3n) is 0.559. The molecule has 8 heavy (non-hydrogen) atoms. The Morgan fingerprint density at radius 2 is 1.75 bits per heavy atom. The Morgan fingerprint density at radius 3 is 1.75 bits per heavy atom. The number of hydrogen-bond acceptors (Lipinski definition) is 1. The second-order valence-corrected chi connectivity index (χ2v) is 3.26. The Balaban J connectivity index is 4.40. The number of nitrogens with zero attached hydrogens (tertiary/aromatic N) is 1. The summed E-state index contributed by atoms with van der Waals surface area (Å²) in [6.45, 7) is 4.46. The van der Waals surface area contributed by atoms with Crippen molar-refractivity contribution in [3.63, 3.8) is 0 Å². The van der Waals surface area contributed by atoms with Crippen LogP contribution in [-0.4, -0.2) is 25.5 Å². The van der Waals surface area contributed by atoms with E-state index < -0.39 is 6.50 Å². The standard InChI is InChI=1S/C7H17N/c1-7(2,3)6-8(4)5/h6H2,1-5H3/i6D2. The highest BCUT2D eigenvalue weighted by molar-refractivity contribution is 4.63. The molecule has 0 aliphatic carbocycles. The molecule has 0 bridgehead atoms. The van der Waals surface area contributed by atoms with Gasteiger partial charge >= 0.3 is 0 Å². The van der Waals surface area contributed by atoms with E-state index in [1.54, 1.807) is 19.0 Å². The van der Waals surface area contributed by atoms with Crippen LogP contribution in [0.4, 0.5) is 0 Å². The van der Waals surface area contributed by atoms with E-state index in [9.17, 15) is 0 Å². The van der Waals surface area contributed by atoms with Gasteiger partial charge in [-0.3, -0.25) is 0 Å². The summed E-state index contributed by atoms with van der Waals surface area (Å²) >= 11 is 0. The fourth-order valence-corrected chi connectivity index (χ4v) is 0.671. The average molecular weight is 117 g/mol. The third-order valence-corrected chi connectivity index (χ3v) is 0.559. The van der Waals surface area contributed by atoms with Gasteiger partial charge in [0.1, 0.15) is 0 Å². The summed E-state index contributed by atoms with van der Waals surface area (Å²) < 4.78 is 15.2. The predicted octanol–water partition coefficient (Wildman–Crippen LogP) is 1.59. The van der Waals surface area contributed by atoms with E-state index >= 15 is 0 Å². The van der Waals surface area contributed by atoms with Crippen molar-refractivity contribution in [3.8, 4) is 0 Å². The molecule has 0 atom stereocenters. The smallest absolute Gasteiger partial charge is 0.0436 e. The first kappa shape index (κ1) is 4.80. The fraction of sp³-hybridized carbons (Fsp3) is 1.00. The van der Waals surface area contributed by atoms with E-state index in [1.807, 2.05) is 20.8 Å². The summed E-state index contributed by atoms with van der Waals surface area (Å²) in [4.78, 5) is 1.60. The lowest BCUT2D eigenvalue weighted by atomic mass is 9.97. The third kappa shape index (κ3) is 5.96. The summed E-state index contributed by atoms with van der Waals surface area (Å²) in [5.41, 5.74) is -0.323. The molecule has 50 valence electrons. The van der Waals surface area contributed by atoms with Crippen LogP contribution < -0.4 is 0 Å². The molecule has 0 saturated carbocycles. The van der Waals surface area contributed by atoms with Crippen molar-refractivity contribution in [2.45, 2.75) is 20.8 Å². The molecule has 0 heterocycles. The van der Waals surface area contributed by atoms with Crippen LogP contribution in [-0.2, 0) is 0 Å². The van der Waals surface area contributed by atoms with Crippen molar-refractivity contribution in [1.82, 2.24) is 4.90 Å². The Morgan fingerprint density at radius 1 is 1.38 bits per heavy atom. The Labute approximate surface area is 55.5 Å². The largest absolute Gasteiger partial charge is 0.309 e. The molecule has 0 aromatic carbocycles. The van der Waals surface area contributed by atoms with Crippen LogP contribution in [0.3, 0.4) is 0 Å². The molecule has 1 nitrogen and oxygen atoms in total. The molecule has 0 spiro atoms. The lowest BCUT2D eigenvalue weighted by Crippen LogP contribution is -2.25. The minimum absolute atomic E-state index is 0.323. The molecule has 0 amide bonds. The van der Waals surface area contributed by atoms with E-state index in [4.69, 9.17) is 2.74 Å². The van der Waals surface area contributed by atoms with Gasteiger partial charge in [0.15, 0.2) is 0 Å². The van der Waals surface area contributed by atoms with Gasteiger partial charge in [0.2, 0.25) is 0 Å². The molecule has 0 radical (unpaired) electrons. The van der Waals surface area contributed by atoms with Crippen LogP contribution in [0.15, 0.2) is 0 Å². The van der Waals surface area contributed by atoms with Crippen molar-refractivity contribution in [1.29, 1.82) is 0 Å². The van der Waals surface area contributed by atoms with Crippen LogP contribution in [0.1, 0.15) is 23.5 Å². The Bertz CT molecular complexity index is 113. The summed E-state index contributed by atoms with van der Waals surface area (Å²) in [7, 11) is 3.51. The first-order chi connectivity index (χ1) is 4.19. The van der Waals surface area contributed by atoms with E-state index in [2.05, 4.69) is 0 Å². The Hall–Kier alpha value is -0.0400. The zero-order valence-corrected chi connectivity index (χ0v) is 6.45. The second-order valence-electron chi connectivity index (χ2n) is 3.26. The average Bonchev–Trinajstić information content (AvgIpc) is 1.62. The van der Waals surface area contributed by atoms with E-state index in [0.29, 0.717) is 0 Å². The molecule has 0 rings (SSSR count). The van der Waals surface area contributed by atoms with E-state index in [0.717, 1.165) is 0 Å². The first-order valence-electron chi connectivity index (χ1n) is 3.87. The van der Waals surface area contributed by atoms with Crippen LogP contribution in [0, 0.1) is 5.41 Å². The molecule has 0 saturated heterocycles. The molecule has 0 N–H and O–H groups in total. The minimum atomic E-state index is -1.23. The summed E-state index contributed by atoms with van der Waals surface area (Å²) in [6.07, 6.45) is 0. The fourth-order valence-electron chi connectivity index (χ4n) is 0.671. The monoisotopic (exact) mass is 117 g/mol. The van der Waals surface area contributed by atoms with E-state index in [1.165, 1.54) is 0 Å². The maximum atomic E-state index is 7.62. The molecular weight excluding hydrogens is 98.1 g/mol. The maximum Gasteiger partial charge on any atom is 0.0436 e. The SMILES string of the molecule is [2H]C([2H])(N(C)C)C(C)(C)C. The van der Waals surface area contributed by atoms with Gasteiger partial charge in [-0.2, -0.15) is 0 Å².